The van der Waals surface area contributed by atoms with Crippen molar-refractivity contribution in [1.29, 1.82) is 0 Å². The van der Waals surface area contributed by atoms with Gasteiger partial charge in [0.05, 0.1) is 12.5 Å². The minimum Gasteiger partial charge on any atom is -0.469 e. The Labute approximate surface area is 187 Å². The van der Waals surface area contributed by atoms with Gasteiger partial charge in [0, 0.05) is 12.8 Å². The van der Waals surface area contributed by atoms with Gasteiger partial charge in [0.15, 0.2) is 0 Å². The molecule has 0 aliphatic rings. The van der Waals surface area contributed by atoms with Crippen molar-refractivity contribution >= 4 is 0 Å². The third-order valence-electron chi connectivity index (χ3n) is 5.17. The summed E-state index contributed by atoms with van der Waals surface area (Å²) in [7, 11) is 0. The molecule has 0 radical (unpaired) electrons. The van der Waals surface area contributed by atoms with Gasteiger partial charge in [-0.05, 0) is 49.4 Å². The van der Waals surface area contributed by atoms with Gasteiger partial charge in [0.25, 0.3) is 0 Å². The van der Waals surface area contributed by atoms with Crippen LogP contribution < -0.4 is 0 Å². The zero-order valence-corrected chi connectivity index (χ0v) is 20.3. The van der Waals surface area contributed by atoms with Gasteiger partial charge in [0.1, 0.15) is 11.5 Å². The quantitative estimate of drug-likeness (QED) is 0.226. The average Bonchev–Trinajstić information content (AvgIpc) is 3.46. The van der Waals surface area contributed by atoms with Crippen LogP contribution in [0.15, 0.2) is 58.3 Å². The van der Waals surface area contributed by atoms with Gasteiger partial charge in [-0.3, -0.25) is 0 Å². The Hall–Kier alpha value is -1.70. The first-order chi connectivity index (χ1) is 14.7. The summed E-state index contributed by atoms with van der Waals surface area (Å²) in [5.41, 5.74) is 0. The van der Waals surface area contributed by atoms with Crippen molar-refractivity contribution in [2.75, 3.05) is 0 Å². The highest BCUT2D eigenvalue weighted by Gasteiger charge is 1.99. The summed E-state index contributed by atoms with van der Waals surface area (Å²) in [6, 6.07) is 7.87. The molecular weight excluding hydrogens is 368 g/mol. The lowest BCUT2D eigenvalue weighted by atomic mass is 9.98. The number of allylic oxidation sites excluding steroid dienone is 1. The standard InChI is InChI=1S/C12H24.C10H16O.C6H8O/c1-4-6-7-8-9-11-12(3)10-5-2;1-2-3-4-5-7-10-8-6-9-11-10;1-2-6-4-3-5-7-6/h4,12H,1,5-11H2,2-3H3;6,8-9H,2-5,7H2,1H3;3-5H,2H2,1H3. The van der Waals surface area contributed by atoms with E-state index in [1.165, 1.54) is 70.6 Å². The first-order valence-corrected chi connectivity index (χ1v) is 12.3. The lowest BCUT2D eigenvalue weighted by Gasteiger charge is -2.08. The Morgan fingerprint density at radius 2 is 1.47 bits per heavy atom. The molecule has 2 aromatic heterocycles. The van der Waals surface area contributed by atoms with Crippen molar-refractivity contribution in [2.45, 2.75) is 111 Å². The Balaban J connectivity index is 0.000000433. The molecule has 2 nitrogen and oxygen atoms in total. The Kier molecular flexibility index (Phi) is 20.7. The average molecular weight is 417 g/mol. The first-order valence-electron chi connectivity index (χ1n) is 12.3. The molecule has 2 aromatic rings. The second kappa shape index (κ2) is 22.0. The maximum atomic E-state index is 5.21. The predicted octanol–water partition coefficient (Wildman–Crippen LogP) is 9.80. The van der Waals surface area contributed by atoms with Crippen LogP contribution in [0.1, 0.15) is 110 Å². The first kappa shape index (κ1) is 28.3. The summed E-state index contributed by atoms with van der Waals surface area (Å²) in [4.78, 5) is 0. The monoisotopic (exact) mass is 416 g/mol. The lowest BCUT2D eigenvalue weighted by Crippen LogP contribution is -1.93. The smallest absolute Gasteiger partial charge is 0.103 e. The maximum absolute atomic E-state index is 5.21. The van der Waals surface area contributed by atoms with Gasteiger partial charge < -0.3 is 8.83 Å². The molecule has 0 fully saturated rings. The molecule has 0 N–H and O–H groups in total. The molecule has 1 unspecified atom stereocenters. The molecular formula is C28H48O2. The van der Waals surface area contributed by atoms with E-state index in [0.29, 0.717) is 0 Å². The van der Waals surface area contributed by atoms with Crippen molar-refractivity contribution in [1.82, 2.24) is 0 Å². The van der Waals surface area contributed by atoms with Gasteiger partial charge >= 0.3 is 0 Å². The van der Waals surface area contributed by atoms with E-state index in [1.54, 1.807) is 12.5 Å². The van der Waals surface area contributed by atoms with E-state index in [4.69, 9.17) is 8.83 Å². The molecule has 0 saturated carbocycles. The molecule has 0 aliphatic heterocycles. The number of hydrogen-bond donors (Lipinski definition) is 0. The molecule has 0 aliphatic carbocycles. The third-order valence-corrected chi connectivity index (χ3v) is 5.17. The third kappa shape index (κ3) is 18.3. The van der Waals surface area contributed by atoms with Crippen molar-refractivity contribution in [2.24, 2.45) is 5.92 Å². The lowest BCUT2D eigenvalue weighted by molar-refractivity contribution is 0.457. The van der Waals surface area contributed by atoms with E-state index >= 15 is 0 Å². The highest BCUT2D eigenvalue weighted by Crippen LogP contribution is 2.15. The van der Waals surface area contributed by atoms with Crippen LogP contribution in [0.4, 0.5) is 0 Å². The highest BCUT2D eigenvalue weighted by atomic mass is 16.3. The van der Waals surface area contributed by atoms with E-state index in [-0.39, 0.29) is 0 Å². The predicted molar refractivity (Wildman–Crippen MR) is 132 cm³/mol. The molecule has 0 bridgehead atoms. The summed E-state index contributed by atoms with van der Waals surface area (Å²) in [5.74, 6) is 3.12. The van der Waals surface area contributed by atoms with Gasteiger partial charge in [0.2, 0.25) is 0 Å². The number of rotatable bonds is 14. The number of hydrogen-bond acceptors (Lipinski definition) is 2. The molecule has 0 aromatic carbocycles. The second-order valence-electron chi connectivity index (χ2n) is 8.14. The van der Waals surface area contributed by atoms with Crippen molar-refractivity contribution in [3.8, 4) is 0 Å². The normalized spacial score (nSPS) is 11.1. The summed E-state index contributed by atoms with van der Waals surface area (Å²) in [6.07, 6.45) is 22.3. The molecule has 1 atom stereocenters. The molecule has 2 rings (SSSR count). The molecule has 0 amide bonds. The Morgan fingerprint density at radius 1 is 0.800 bits per heavy atom. The topological polar surface area (TPSA) is 26.3 Å². The minimum absolute atomic E-state index is 0.943. The maximum Gasteiger partial charge on any atom is 0.103 e. The van der Waals surface area contributed by atoms with Crippen LogP contribution in [0.25, 0.3) is 0 Å². The van der Waals surface area contributed by atoms with Gasteiger partial charge in [-0.25, -0.2) is 0 Å². The van der Waals surface area contributed by atoms with E-state index in [0.717, 1.165) is 30.3 Å². The van der Waals surface area contributed by atoms with E-state index < -0.39 is 0 Å². The van der Waals surface area contributed by atoms with E-state index in [2.05, 4.69) is 34.3 Å². The van der Waals surface area contributed by atoms with Gasteiger partial charge in [-0.15, -0.1) is 6.58 Å². The summed E-state index contributed by atoms with van der Waals surface area (Å²) in [6.45, 7) is 12.7. The summed E-state index contributed by atoms with van der Waals surface area (Å²) in [5, 5.41) is 0. The largest absolute Gasteiger partial charge is 0.469 e. The molecule has 172 valence electrons. The fraction of sp³-hybridized carbons (Fsp3) is 0.643. The van der Waals surface area contributed by atoms with Gasteiger partial charge in [-0.2, -0.15) is 0 Å². The zero-order valence-electron chi connectivity index (χ0n) is 20.3. The Bertz CT molecular complexity index is 539. The van der Waals surface area contributed by atoms with Crippen molar-refractivity contribution in [3.63, 3.8) is 0 Å². The van der Waals surface area contributed by atoms with Crippen LogP contribution in [0, 0.1) is 5.92 Å². The van der Waals surface area contributed by atoms with Crippen LogP contribution in [-0.4, -0.2) is 0 Å². The van der Waals surface area contributed by atoms with Crippen LogP contribution in [-0.2, 0) is 12.8 Å². The van der Waals surface area contributed by atoms with E-state index in [1.807, 2.05) is 30.3 Å². The SMILES string of the molecule is C=CCCCCCC(C)CCC.CCCCCCc1ccco1.CCc1ccco1. The second-order valence-corrected chi connectivity index (χ2v) is 8.14. The number of furan rings is 2. The van der Waals surface area contributed by atoms with Crippen molar-refractivity contribution in [3.05, 3.63) is 61.0 Å². The van der Waals surface area contributed by atoms with Crippen LogP contribution in [0.3, 0.4) is 0 Å². The van der Waals surface area contributed by atoms with Gasteiger partial charge in [-0.1, -0.05) is 85.1 Å². The van der Waals surface area contributed by atoms with Crippen molar-refractivity contribution < 1.29 is 8.83 Å². The molecule has 0 saturated heterocycles. The number of unbranched alkanes of at least 4 members (excludes halogenated alkanes) is 6. The Morgan fingerprint density at radius 3 is 1.97 bits per heavy atom. The molecule has 0 spiro atoms. The van der Waals surface area contributed by atoms with Crippen LogP contribution in [0.2, 0.25) is 0 Å². The van der Waals surface area contributed by atoms with E-state index in [9.17, 15) is 0 Å². The van der Waals surface area contributed by atoms with Crippen LogP contribution in [0.5, 0.6) is 0 Å². The zero-order chi connectivity index (χ0) is 22.3. The fourth-order valence-corrected chi connectivity index (χ4v) is 3.29. The summed E-state index contributed by atoms with van der Waals surface area (Å²) < 4.78 is 10.2. The fourth-order valence-electron chi connectivity index (χ4n) is 3.29. The molecule has 2 heteroatoms. The molecule has 2 heterocycles. The number of aryl methyl sites for hydroxylation is 2. The highest BCUT2D eigenvalue weighted by molar-refractivity contribution is 4.98. The molecule has 30 heavy (non-hydrogen) atoms. The van der Waals surface area contributed by atoms with Crippen LogP contribution >= 0.6 is 0 Å². The minimum atomic E-state index is 0.943. The summed E-state index contributed by atoms with van der Waals surface area (Å²) >= 11 is 0.